The fourth-order valence-electron chi connectivity index (χ4n) is 8.43. The molecule has 8 rings (SSSR count). The predicted octanol–water partition coefficient (Wildman–Crippen LogP) is 9.38. The lowest BCUT2D eigenvalue weighted by atomic mass is 9.67. The Morgan fingerprint density at radius 3 is 2.43 bits per heavy atom. The molecule has 0 bridgehead atoms. The normalized spacial score (nSPS) is 20.5. The van der Waals surface area contributed by atoms with Gasteiger partial charge in [-0.2, -0.15) is 13.2 Å². The van der Waals surface area contributed by atoms with E-state index in [4.69, 9.17) is 11.6 Å². The number of hydrogen-bond acceptors (Lipinski definition) is 3. The first-order chi connectivity index (χ1) is 24.6. The summed E-state index contributed by atoms with van der Waals surface area (Å²) in [5.41, 5.74) is 4.42. The minimum atomic E-state index is -4.28. The van der Waals surface area contributed by atoms with E-state index in [1.165, 1.54) is 6.07 Å². The Kier molecular flexibility index (Phi) is 9.97. The molecular formula is C40H39ClF4N4O2. The number of amides is 1. The minimum absolute atomic E-state index is 0.0716. The maximum atomic E-state index is 14.2. The van der Waals surface area contributed by atoms with Crippen LogP contribution in [0, 0.1) is 17.7 Å². The van der Waals surface area contributed by atoms with E-state index in [0.717, 1.165) is 39.5 Å². The second-order valence-corrected chi connectivity index (χ2v) is 14.2. The van der Waals surface area contributed by atoms with Crippen molar-refractivity contribution >= 4 is 44.9 Å². The number of carbonyl (C=O) groups is 1. The third kappa shape index (κ3) is 7.42. The van der Waals surface area contributed by atoms with Gasteiger partial charge in [0.05, 0.1) is 5.52 Å². The third-order valence-electron chi connectivity index (χ3n) is 10.6. The molecule has 3 heterocycles. The van der Waals surface area contributed by atoms with Crippen LogP contribution in [0.4, 0.5) is 17.6 Å². The van der Waals surface area contributed by atoms with Crippen molar-refractivity contribution in [1.29, 1.82) is 0 Å². The number of aromatic nitrogens is 2. The summed E-state index contributed by atoms with van der Waals surface area (Å²) in [7, 11) is 0. The molecule has 266 valence electrons. The van der Waals surface area contributed by atoms with Gasteiger partial charge < -0.3 is 15.2 Å². The number of nitrogens with one attached hydrogen (secondary N) is 2. The molecule has 2 atom stereocenters. The summed E-state index contributed by atoms with van der Waals surface area (Å²) >= 11 is 6.60. The van der Waals surface area contributed by atoms with Crippen LogP contribution in [0.15, 0.2) is 95.6 Å². The van der Waals surface area contributed by atoms with E-state index in [1.54, 1.807) is 21.6 Å². The predicted molar refractivity (Wildman–Crippen MR) is 194 cm³/mol. The highest BCUT2D eigenvalue weighted by Crippen LogP contribution is 2.50. The quantitative estimate of drug-likeness (QED) is 0.207. The van der Waals surface area contributed by atoms with Crippen molar-refractivity contribution in [3.63, 3.8) is 0 Å². The average molecular weight is 719 g/mol. The molecule has 0 saturated carbocycles. The molecule has 2 aliphatic heterocycles. The summed E-state index contributed by atoms with van der Waals surface area (Å²) in [6, 6.07) is 14.1. The summed E-state index contributed by atoms with van der Waals surface area (Å²) in [5.74, 6) is -1.42. The Morgan fingerprint density at radius 2 is 1.69 bits per heavy atom. The van der Waals surface area contributed by atoms with Crippen LogP contribution in [0.2, 0.25) is 5.02 Å². The topological polar surface area (TPSA) is 70.1 Å². The third-order valence-corrected chi connectivity index (χ3v) is 10.9. The number of aromatic amines is 1. The van der Waals surface area contributed by atoms with Crippen molar-refractivity contribution in [1.82, 2.24) is 19.8 Å². The van der Waals surface area contributed by atoms with Gasteiger partial charge in [-0.3, -0.25) is 9.36 Å². The van der Waals surface area contributed by atoms with Gasteiger partial charge in [0.15, 0.2) is 0 Å². The van der Waals surface area contributed by atoms with Crippen LogP contribution in [0.25, 0.3) is 27.4 Å². The lowest BCUT2D eigenvalue weighted by Crippen LogP contribution is -2.41. The lowest BCUT2D eigenvalue weighted by Gasteiger charge is -2.39. The van der Waals surface area contributed by atoms with Crippen molar-refractivity contribution in [2.45, 2.75) is 63.6 Å². The van der Waals surface area contributed by atoms with E-state index in [-0.39, 0.29) is 35.5 Å². The Balaban J connectivity index is 0.000000520. The number of carbonyl (C=O) groups excluding carboxylic acids is 1. The highest BCUT2D eigenvalue weighted by atomic mass is 35.5. The fourth-order valence-corrected chi connectivity index (χ4v) is 8.72. The zero-order chi connectivity index (χ0) is 35.7. The van der Waals surface area contributed by atoms with Crippen LogP contribution < -0.4 is 11.0 Å². The van der Waals surface area contributed by atoms with E-state index < -0.39 is 24.3 Å². The monoisotopic (exact) mass is 718 g/mol. The maximum absolute atomic E-state index is 14.2. The fraction of sp³-hybridized carbons (Fsp3) is 0.350. The lowest BCUT2D eigenvalue weighted by molar-refractivity contribution is -0.145. The molecule has 1 fully saturated rings. The molecule has 11 heteroatoms. The zero-order valence-electron chi connectivity index (χ0n) is 28.0. The Bertz CT molecular complexity index is 2120. The van der Waals surface area contributed by atoms with Gasteiger partial charge in [0, 0.05) is 54.8 Å². The summed E-state index contributed by atoms with van der Waals surface area (Å²) < 4.78 is 56.8. The summed E-state index contributed by atoms with van der Waals surface area (Å²) in [5, 5.41) is 5.54. The average Bonchev–Trinajstić information content (AvgIpc) is 3.24. The number of likely N-dealkylation sites (tertiary alicyclic amines) is 1. The number of fused-ring (bicyclic) bond motifs is 5. The van der Waals surface area contributed by atoms with Gasteiger partial charge >= 0.3 is 11.9 Å². The number of benzene rings is 3. The van der Waals surface area contributed by atoms with Crippen molar-refractivity contribution in [3.05, 3.63) is 123 Å². The van der Waals surface area contributed by atoms with Crippen LogP contribution in [0.3, 0.4) is 0 Å². The molecule has 1 amide bonds. The van der Waals surface area contributed by atoms with E-state index >= 15 is 0 Å². The molecule has 1 saturated heterocycles. The van der Waals surface area contributed by atoms with Gasteiger partial charge in [0.2, 0.25) is 5.91 Å². The van der Waals surface area contributed by atoms with Crippen molar-refractivity contribution in [2.24, 2.45) is 11.8 Å². The first kappa shape index (κ1) is 34.9. The number of rotatable bonds is 4. The number of aryl methyl sites for hydroxylation is 1. The van der Waals surface area contributed by atoms with Gasteiger partial charge in [-0.1, -0.05) is 59.7 Å². The first-order valence-corrected chi connectivity index (χ1v) is 17.8. The Hall–Kier alpha value is -4.57. The molecule has 51 heavy (non-hydrogen) atoms. The highest BCUT2D eigenvalue weighted by Gasteiger charge is 2.40. The molecular weight excluding hydrogens is 680 g/mol. The van der Waals surface area contributed by atoms with E-state index in [0.29, 0.717) is 55.7 Å². The largest absolute Gasteiger partial charge is 0.389 e. The Morgan fingerprint density at radius 1 is 0.941 bits per heavy atom. The second-order valence-electron chi connectivity index (χ2n) is 13.8. The number of para-hydroxylation sites is 1. The number of allylic oxidation sites excluding steroid dienone is 6. The van der Waals surface area contributed by atoms with Gasteiger partial charge in [0.1, 0.15) is 11.3 Å². The summed E-state index contributed by atoms with van der Waals surface area (Å²) in [6.07, 6.45) is 9.76. The molecule has 1 aromatic heterocycles. The van der Waals surface area contributed by atoms with Gasteiger partial charge in [-0.25, -0.2) is 9.18 Å². The second kappa shape index (κ2) is 14.6. The minimum Gasteiger partial charge on any atom is -0.368 e. The molecule has 0 spiro atoms. The number of piperidine rings is 1. The van der Waals surface area contributed by atoms with Crippen LogP contribution in [0.5, 0.6) is 0 Å². The van der Waals surface area contributed by atoms with Gasteiger partial charge in [-0.05, 0) is 103 Å². The molecule has 3 aromatic carbocycles. The van der Waals surface area contributed by atoms with Crippen LogP contribution in [-0.4, -0.2) is 39.6 Å². The number of hydrogen-bond donors (Lipinski definition) is 2. The molecule has 0 radical (unpaired) electrons. The number of alkyl halides is 3. The SMILES string of the molecule is C1=CC=CNC=C1.O=C(CC1CC(CC(F)(F)F)CC2=C1CCc1c2ccc2cccc(Cl)c12)N1CCC(n2c(=O)[nH]c3c(F)cccc32)CC1. The molecule has 4 aromatic rings. The van der Waals surface area contributed by atoms with E-state index in [2.05, 4.69) is 10.3 Å². The van der Waals surface area contributed by atoms with Crippen LogP contribution in [0.1, 0.15) is 62.1 Å². The first-order valence-electron chi connectivity index (χ1n) is 17.5. The highest BCUT2D eigenvalue weighted by molar-refractivity contribution is 6.36. The van der Waals surface area contributed by atoms with Gasteiger partial charge in [-0.15, -0.1) is 0 Å². The van der Waals surface area contributed by atoms with Crippen molar-refractivity contribution < 1.29 is 22.4 Å². The molecule has 4 aliphatic rings. The zero-order valence-corrected chi connectivity index (χ0v) is 28.7. The van der Waals surface area contributed by atoms with E-state index in [1.807, 2.05) is 67.0 Å². The standard InChI is InChI=1S/C34H32ClF4N3O2.C6H7N/c35-27-4-1-3-20-7-8-24-25(31(20)27)10-9-23-21(15-19(16-26(23)24)18-34(37,38)39)17-30(43)41-13-11-22(12-14-41)42-29-6-2-5-28(36)32(29)40-33(42)44;1-2-4-6-7-5-3-1/h1-8,19,21-22H,9-18H2,(H,40,44);1-7H. The van der Waals surface area contributed by atoms with Crippen LogP contribution >= 0.6 is 11.6 Å². The molecule has 6 nitrogen and oxygen atoms in total. The maximum Gasteiger partial charge on any atom is 0.389 e. The van der Waals surface area contributed by atoms with Gasteiger partial charge in [0.25, 0.3) is 0 Å². The molecule has 2 N–H and O–H groups in total. The van der Waals surface area contributed by atoms with E-state index in [9.17, 15) is 27.2 Å². The summed E-state index contributed by atoms with van der Waals surface area (Å²) in [6.45, 7) is 0.853. The number of nitrogens with zero attached hydrogens (tertiary/aromatic N) is 2. The Labute approximate surface area is 298 Å². The van der Waals surface area contributed by atoms with Crippen molar-refractivity contribution in [3.8, 4) is 0 Å². The molecule has 2 unspecified atom stereocenters. The van der Waals surface area contributed by atoms with Crippen LogP contribution in [-0.2, 0) is 11.2 Å². The molecule has 2 aliphatic carbocycles. The number of H-pyrrole nitrogens is 1. The number of halogens is 5. The van der Waals surface area contributed by atoms with Crippen molar-refractivity contribution in [2.75, 3.05) is 13.1 Å². The summed E-state index contributed by atoms with van der Waals surface area (Å²) in [4.78, 5) is 30.7. The number of imidazole rings is 1. The smallest absolute Gasteiger partial charge is 0.368 e.